The van der Waals surface area contributed by atoms with Crippen molar-refractivity contribution < 1.29 is 38.1 Å². The van der Waals surface area contributed by atoms with E-state index in [9.17, 15) is 23.6 Å². The second kappa shape index (κ2) is 12.4. The molecule has 1 atom stereocenters. The van der Waals surface area contributed by atoms with Gasteiger partial charge in [0.15, 0.2) is 0 Å². The number of hydrogen-bond donors (Lipinski definition) is 4. The third-order valence-corrected chi connectivity index (χ3v) is 5.92. The molecule has 11 nitrogen and oxygen atoms in total. The van der Waals surface area contributed by atoms with Crippen LogP contribution >= 0.6 is 22.9 Å². The molecule has 0 aliphatic carbocycles. The maximum absolute atomic E-state index is 14.7. The molecule has 1 aliphatic heterocycles. The molecule has 0 spiro atoms. The van der Waals surface area contributed by atoms with Gasteiger partial charge in [-0.1, -0.05) is 11.6 Å². The summed E-state index contributed by atoms with van der Waals surface area (Å²) in [6.45, 7) is -0.728. The summed E-state index contributed by atoms with van der Waals surface area (Å²) < 4.78 is 24.8. The number of carbonyl (C=O) groups excluding carboxylic acids is 4. The second-order valence-electron chi connectivity index (χ2n) is 7.12. The quantitative estimate of drug-likeness (QED) is 0.384. The molecule has 188 valence electrons. The molecule has 2 heterocycles. The summed E-state index contributed by atoms with van der Waals surface area (Å²) >= 11 is 6.86. The molecular formula is C21H22ClFN4O7S. The molecule has 1 aliphatic rings. The van der Waals surface area contributed by atoms with Gasteiger partial charge in [0.05, 0.1) is 28.1 Å². The van der Waals surface area contributed by atoms with Crippen molar-refractivity contribution in [3.05, 3.63) is 45.4 Å². The van der Waals surface area contributed by atoms with Gasteiger partial charge in [0.2, 0.25) is 5.91 Å². The highest BCUT2D eigenvalue weighted by molar-refractivity contribution is 7.18. The smallest absolute Gasteiger partial charge is 0.407 e. The Kier molecular flexibility index (Phi) is 9.37. The van der Waals surface area contributed by atoms with Gasteiger partial charge in [-0.3, -0.25) is 14.4 Å². The summed E-state index contributed by atoms with van der Waals surface area (Å²) in [6, 6.07) is 5.51. The minimum Gasteiger partial charge on any atom is -0.447 e. The van der Waals surface area contributed by atoms with Gasteiger partial charge in [0.1, 0.15) is 25.1 Å². The first-order valence-corrected chi connectivity index (χ1v) is 11.5. The molecule has 0 radical (unpaired) electrons. The first-order chi connectivity index (χ1) is 16.8. The summed E-state index contributed by atoms with van der Waals surface area (Å²) in [7, 11) is 0. The Morgan fingerprint density at radius 2 is 2.09 bits per heavy atom. The zero-order chi connectivity index (χ0) is 25.4. The molecule has 1 aromatic heterocycles. The van der Waals surface area contributed by atoms with Crippen molar-refractivity contribution in [2.75, 3.05) is 49.7 Å². The van der Waals surface area contributed by atoms with Crippen LogP contribution in [0.3, 0.4) is 0 Å². The van der Waals surface area contributed by atoms with E-state index in [1.807, 2.05) is 0 Å². The number of hydrogen-bond acceptors (Lipinski definition) is 8. The van der Waals surface area contributed by atoms with Gasteiger partial charge in [0, 0.05) is 18.8 Å². The molecule has 0 bridgehead atoms. The molecule has 4 amide bonds. The number of rotatable bonds is 9. The monoisotopic (exact) mass is 528 g/mol. The van der Waals surface area contributed by atoms with E-state index in [1.165, 1.54) is 23.1 Å². The third-order valence-electron chi connectivity index (χ3n) is 4.69. The molecule has 3 rings (SSSR count). The van der Waals surface area contributed by atoms with Crippen LogP contribution in [-0.4, -0.2) is 74.5 Å². The summed E-state index contributed by atoms with van der Waals surface area (Å²) in [5.41, 5.74) is 0.101. The Hall–Kier alpha value is -3.26. The number of alkyl carbamates (subject to hydrolysis) is 1. The number of halogens is 2. The Bertz CT molecular complexity index is 1100. The average molecular weight is 529 g/mol. The summed E-state index contributed by atoms with van der Waals surface area (Å²) in [5.74, 6) is -2.42. The molecule has 4 N–H and O–H groups in total. The predicted molar refractivity (Wildman–Crippen MR) is 125 cm³/mol. The van der Waals surface area contributed by atoms with Crippen LogP contribution in [0.4, 0.5) is 20.6 Å². The van der Waals surface area contributed by atoms with Crippen molar-refractivity contribution in [2.45, 2.75) is 6.04 Å². The van der Waals surface area contributed by atoms with Gasteiger partial charge in [-0.05, 0) is 30.3 Å². The van der Waals surface area contributed by atoms with Gasteiger partial charge in [0.25, 0.3) is 11.8 Å². The fraction of sp³-hybridized carbons (Fsp3) is 0.333. The fourth-order valence-electron chi connectivity index (χ4n) is 3.06. The van der Waals surface area contributed by atoms with Crippen molar-refractivity contribution in [3.8, 4) is 0 Å². The number of amides is 4. The third kappa shape index (κ3) is 7.36. The standard InChI is InChI=1S/C21H22ClFN4O7S/c22-17-4-3-16(35-17)20(31)24-10-14(26-21(32)34-8-6-28)19(30)25-12-1-2-15(13(23)9-12)27-5-7-33-11-18(27)29/h1-4,9,14,28H,5-8,10-11H2,(H,24,31)(H,25,30)(H,26,32)/t14-/m0/s1. The molecule has 1 fully saturated rings. The molecule has 0 unspecified atom stereocenters. The van der Waals surface area contributed by atoms with Crippen LogP contribution in [0.2, 0.25) is 4.34 Å². The fourth-order valence-corrected chi connectivity index (χ4v) is 4.01. The van der Waals surface area contributed by atoms with Crippen LogP contribution < -0.4 is 20.9 Å². The normalized spacial score (nSPS) is 14.3. The van der Waals surface area contributed by atoms with Crippen molar-refractivity contribution in [3.63, 3.8) is 0 Å². The van der Waals surface area contributed by atoms with Gasteiger partial charge >= 0.3 is 6.09 Å². The van der Waals surface area contributed by atoms with Crippen molar-refractivity contribution in [1.82, 2.24) is 10.6 Å². The Morgan fingerprint density at radius 1 is 1.29 bits per heavy atom. The number of aliphatic hydroxyl groups excluding tert-OH is 1. The van der Waals surface area contributed by atoms with E-state index in [1.54, 1.807) is 6.07 Å². The van der Waals surface area contributed by atoms with Gasteiger partial charge < -0.3 is 35.4 Å². The number of morpholine rings is 1. The summed E-state index contributed by atoms with van der Waals surface area (Å²) in [4.78, 5) is 50.6. The van der Waals surface area contributed by atoms with E-state index in [0.717, 1.165) is 17.4 Å². The number of thiophene rings is 1. The van der Waals surface area contributed by atoms with Crippen molar-refractivity contribution >= 4 is 58.1 Å². The lowest BCUT2D eigenvalue weighted by atomic mass is 10.2. The van der Waals surface area contributed by atoms with Crippen LogP contribution in [0, 0.1) is 5.82 Å². The zero-order valence-corrected chi connectivity index (χ0v) is 19.8. The summed E-state index contributed by atoms with van der Waals surface area (Å²) in [5, 5.41) is 16.1. The van der Waals surface area contributed by atoms with Crippen LogP contribution in [0.5, 0.6) is 0 Å². The second-order valence-corrected chi connectivity index (χ2v) is 8.84. The van der Waals surface area contributed by atoms with Crippen LogP contribution in [0.25, 0.3) is 0 Å². The molecule has 1 aromatic carbocycles. The first-order valence-electron chi connectivity index (χ1n) is 10.3. The lowest BCUT2D eigenvalue weighted by Gasteiger charge is -2.27. The highest BCUT2D eigenvalue weighted by Crippen LogP contribution is 2.24. The Balaban J connectivity index is 1.68. The van der Waals surface area contributed by atoms with Crippen LogP contribution in [-0.2, 0) is 19.1 Å². The zero-order valence-electron chi connectivity index (χ0n) is 18.2. The predicted octanol–water partition coefficient (Wildman–Crippen LogP) is 1.36. The SMILES string of the molecule is O=C(N[C@@H](CNC(=O)c1ccc(Cl)s1)C(=O)Nc1ccc(N2CCOCC2=O)c(F)c1)OCCO. The highest BCUT2D eigenvalue weighted by atomic mass is 35.5. The average Bonchev–Trinajstić information content (AvgIpc) is 3.27. The molecular weight excluding hydrogens is 507 g/mol. The van der Waals surface area contributed by atoms with E-state index in [0.29, 0.717) is 9.21 Å². The number of ether oxygens (including phenoxy) is 2. The number of nitrogens with one attached hydrogen (secondary N) is 3. The molecule has 0 saturated carbocycles. The van der Waals surface area contributed by atoms with Gasteiger partial charge in [-0.2, -0.15) is 0 Å². The topological polar surface area (TPSA) is 146 Å². The van der Waals surface area contributed by atoms with E-state index in [4.69, 9.17) is 26.2 Å². The number of nitrogens with zero attached hydrogens (tertiary/aromatic N) is 1. The van der Waals surface area contributed by atoms with Crippen LogP contribution in [0.1, 0.15) is 9.67 Å². The van der Waals surface area contributed by atoms with E-state index in [2.05, 4.69) is 16.0 Å². The Labute approximate surface area is 208 Å². The van der Waals surface area contributed by atoms with E-state index < -0.39 is 36.4 Å². The number of carbonyl (C=O) groups is 4. The van der Waals surface area contributed by atoms with Gasteiger partial charge in [-0.25, -0.2) is 9.18 Å². The molecule has 35 heavy (non-hydrogen) atoms. The Morgan fingerprint density at radius 3 is 2.74 bits per heavy atom. The highest BCUT2D eigenvalue weighted by Gasteiger charge is 2.25. The maximum atomic E-state index is 14.7. The van der Waals surface area contributed by atoms with Gasteiger partial charge in [-0.15, -0.1) is 11.3 Å². The van der Waals surface area contributed by atoms with Crippen molar-refractivity contribution in [2.24, 2.45) is 0 Å². The molecule has 1 saturated heterocycles. The number of aliphatic hydroxyl groups is 1. The van der Waals surface area contributed by atoms with E-state index in [-0.39, 0.29) is 50.2 Å². The lowest BCUT2D eigenvalue weighted by molar-refractivity contribution is -0.125. The number of anilines is 2. The molecule has 14 heteroatoms. The summed E-state index contributed by atoms with van der Waals surface area (Å²) in [6.07, 6.45) is -1.00. The lowest BCUT2D eigenvalue weighted by Crippen LogP contribution is -2.50. The largest absolute Gasteiger partial charge is 0.447 e. The number of benzene rings is 1. The first kappa shape index (κ1) is 26.3. The molecule has 2 aromatic rings. The van der Waals surface area contributed by atoms with Crippen molar-refractivity contribution in [1.29, 1.82) is 0 Å². The maximum Gasteiger partial charge on any atom is 0.407 e. The van der Waals surface area contributed by atoms with Crippen LogP contribution in [0.15, 0.2) is 30.3 Å². The van der Waals surface area contributed by atoms with E-state index >= 15 is 0 Å². The minimum absolute atomic E-state index is 0.0421. The minimum atomic E-state index is -1.30.